The Morgan fingerprint density at radius 1 is 1.42 bits per heavy atom. The van der Waals surface area contributed by atoms with Crippen LogP contribution in [0.1, 0.15) is 23.9 Å². The lowest BCUT2D eigenvalue weighted by Gasteiger charge is -2.07. The fraction of sp³-hybridized carbons (Fsp3) is 0.308. The van der Waals surface area contributed by atoms with Crippen LogP contribution in [0.4, 0.5) is 4.39 Å². The number of nitrogens with one attached hydrogen (secondary N) is 1. The third-order valence-corrected chi connectivity index (χ3v) is 2.83. The summed E-state index contributed by atoms with van der Waals surface area (Å²) >= 11 is 0. The molecule has 2 aromatic rings. The van der Waals surface area contributed by atoms with Gasteiger partial charge in [0.25, 0.3) is 0 Å². The highest BCUT2D eigenvalue weighted by Gasteiger charge is 2.08. The predicted octanol–water partition coefficient (Wildman–Crippen LogP) is 1.60. The summed E-state index contributed by atoms with van der Waals surface area (Å²) in [5.41, 5.74) is 0.539. The van der Waals surface area contributed by atoms with Gasteiger partial charge >= 0.3 is 0 Å². The summed E-state index contributed by atoms with van der Waals surface area (Å²) < 4.78 is 15.7. The van der Waals surface area contributed by atoms with Gasteiger partial charge < -0.3 is 9.88 Å². The van der Waals surface area contributed by atoms with Crippen LogP contribution in [0.5, 0.6) is 0 Å². The van der Waals surface area contributed by atoms with Crippen molar-refractivity contribution in [1.29, 1.82) is 5.26 Å². The second-order valence-corrected chi connectivity index (χ2v) is 4.03. The van der Waals surface area contributed by atoms with Crippen molar-refractivity contribution in [3.05, 3.63) is 47.3 Å². The first-order valence-electron chi connectivity index (χ1n) is 6.01. The van der Waals surface area contributed by atoms with Crippen molar-refractivity contribution in [2.24, 2.45) is 0 Å². The Bertz CT molecular complexity index is 599. The van der Waals surface area contributed by atoms with Crippen LogP contribution in [0.15, 0.2) is 24.5 Å². The Morgan fingerprint density at radius 2 is 2.26 bits per heavy atom. The highest BCUT2D eigenvalue weighted by atomic mass is 19.1. The van der Waals surface area contributed by atoms with E-state index in [9.17, 15) is 4.39 Å². The van der Waals surface area contributed by atoms with Crippen LogP contribution in [0.3, 0.4) is 0 Å². The zero-order valence-corrected chi connectivity index (χ0v) is 10.6. The van der Waals surface area contributed by atoms with Crippen molar-refractivity contribution in [1.82, 2.24) is 20.1 Å². The van der Waals surface area contributed by atoms with Gasteiger partial charge in [-0.3, -0.25) is 0 Å². The number of nitriles is 1. The van der Waals surface area contributed by atoms with Crippen molar-refractivity contribution in [3.8, 4) is 6.07 Å². The Kier molecular flexibility index (Phi) is 4.21. The van der Waals surface area contributed by atoms with Crippen molar-refractivity contribution in [2.75, 3.05) is 0 Å². The summed E-state index contributed by atoms with van der Waals surface area (Å²) in [5, 5.41) is 19.7. The fourth-order valence-corrected chi connectivity index (χ4v) is 1.79. The molecule has 1 aromatic heterocycles. The number of aromatic nitrogens is 3. The molecule has 0 atom stereocenters. The van der Waals surface area contributed by atoms with Gasteiger partial charge in [-0.2, -0.15) is 5.26 Å². The van der Waals surface area contributed by atoms with E-state index in [0.29, 0.717) is 18.7 Å². The minimum Gasteiger partial charge on any atom is -0.317 e. The molecule has 0 bridgehead atoms. The number of hydrogen-bond donors (Lipinski definition) is 1. The summed E-state index contributed by atoms with van der Waals surface area (Å²) in [6, 6.07) is 6.63. The van der Waals surface area contributed by atoms with Crippen LogP contribution in [-0.2, 0) is 19.6 Å². The molecule has 98 valence electrons. The van der Waals surface area contributed by atoms with Gasteiger partial charge in [0.05, 0.1) is 12.1 Å². The van der Waals surface area contributed by atoms with Gasteiger partial charge in [-0.15, -0.1) is 10.2 Å². The fourth-order valence-electron chi connectivity index (χ4n) is 1.79. The van der Waals surface area contributed by atoms with Crippen LogP contribution in [-0.4, -0.2) is 14.8 Å². The average Bonchev–Trinajstić information content (AvgIpc) is 2.88. The van der Waals surface area contributed by atoms with E-state index in [0.717, 1.165) is 12.4 Å². The van der Waals surface area contributed by atoms with Crippen LogP contribution in [0.25, 0.3) is 0 Å². The molecule has 6 heteroatoms. The molecule has 1 N–H and O–H groups in total. The summed E-state index contributed by atoms with van der Waals surface area (Å²) in [7, 11) is 0. The van der Waals surface area contributed by atoms with Gasteiger partial charge in [-0.25, -0.2) is 4.39 Å². The van der Waals surface area contributed by atoms with Gasteiger partial charge in [0, 0.05) is 18.7 Å². The minimum absolute atomic E-state index is 0.0658. The Balaban J connectivity index is 1.99. The first-order chi connectivity index (χ1) is 9.26. The standard InChI is InChI=1S/C13H14FN5/c1-2-19-9-17-18-12(19)8-16-7-11-5-3-4-10(6-15)13(11)14/h3-5,9,16H,2,7-8H2,1H3. The third kappa shape index (κ3) is 2.95. The lowest BCUT2D eigenvalue weighted by atomic mass is 10.1. The molecule has 1 heterocycles. The zero-order chi connectivity index (χ0) is 13.7. The van der Waals surface area contributed by atoms with Crippen LogP contribution in [0, 0.1) is 17.1 Å². The van der Waals surface area contributed by atoms with E-state index >= 15 is 0 Å². The van der Waals surface area contributed by atoms with Crippen molar-refractivity contribution < 1.29 is 4.39 Å². The van der Waals surface area contributed by atoms with Gasteiger partial charge in [-0.1, -0.05) is 12.1 Å². The number of halogens is 1. The molecular formula is C13H14FN5. The highest BCUT2D eigenvalue weighted by molar-refractivity contribution is 5.34. The molecule has 0 unspecified atom stereocenters. The summed E-state index contributed by atoms with van der Waals surface area (Å²) in [4.78, 5) is 0. The largest absolute Gasteiger partial charge is 0.317 e. The topological polar surface area (TPSA) is 66.5 Å². The first kappa shape index (κ1) is 13.2. The van der Waals surface area contributed by atoms with Crippen LogP contribution >= 0.6 is 0 Å². The van der Waals surface area contributed by atoms with E-state index in [2.05, 4.69) is 15.5 Å². The molecule has 0 aliphatic heterocycles. The molecule has 0 saturated heterocycles. The van der Waals surface area contributed by atoms with Crippen LogP contribution < -0.4 is 5.32 Å². The zero-order valence-electron chi connectivity index (χ0n) is 10.6. The number of nitrogens with zero attached hydrogens (tertiary/aromatic N) is 4. The van der Waals surface area contributed by atoms with Gasteiger partial charge in [0.1, 0.15) is 24.0 Å². The van der Waals surface area contributed by atoms with E-state index in [4.69, 9.17) is 5.26 Å². The normalized spacial score (nSPS) is 10.4. The molecule has 0 fully saturated rings. The molecule has 19 heavy (non-hydrogen) atoms. The lowest BCUT2D eigenvalue weighted by molar-refractivity contribution is 0.569. The summed E-state index contributed by atoms with van der Waals surface area (Å²) in [5.74, 6) is 0.341. The number of benzene rings is 1. The number of hydrogen-bond acceptors (Lipinski definition) is 4. The molecule has 0 saturated carbocycles. The molecule has 2 rings (SSSR count). The van der Waals surface area contributed by atoms with E-state index in [1.807, 2.05) is 17.6 Å². The average molecular weight is 259 g/mol. The molecule has 0 aliphatic carbocycles. The Labute approximate surface area is 110 Å². The Hall–Kier alpha value is -2.26. The van der Waals surface area contributed by atoms with E-state index in [-0.39, 0.29) is 5.56 Å². The molecule has 0 aliphatic rings. The predicted molar refractivity (Wildman–Crippen MR) is 67.4 cm³/mol. The van der Waals surface area contributed by atoms with Gasteiger partial charge in [0.2, 0.25) is 0 Å². The molecule has 0 radical (unpaired) electrons. The minimum atomic E-state index is -0.463. The van der Waals surface area contributed by atoms with Crippen molar-refractivity contribution >= 4 is 0 Å². The van der Waals surface area contributed by atoms with Crippen LogP contribution in [0.2, 0.25) is 0 Å². The van der Waals surface area contributed by atoms with E-state index in [1.165, 1.54) is 6.07 Å². The second kappa shape index (κ2) is 6.07. The van der Waals surface area contributed by atoms with Crippen molar-refractivity contribution in [2.45, 2.75) is 26.6 Å². The molecule has 0 amide bonds. The summed E-state index contributed by atoms with van der Waals surface area (Å²) in [6.45, 7) is 3.65. The van der Waals surface area contributed by atoms with Gasteiger partial charge in [-0.05, 0) is 13.0 Å². The molecular weight excluding hydrogens is 245 g/mol. The van der Waals surface area contributed by atoms with E-state index < -0.39 is 5.82 Å². The second-order valence-electron chi connectivity index (χ2n) is 4.03. The first-order valence-corrected chi connectivity index (χ1v) is 6.01. The van der Waals surface area contributed by atoms with Crippen molar-refractivity contribution in [3.63, 3.8) is 0 Å². The summed E-state index contributed by atoms with van der Waals surface area (Å²) in [6.07, 6.45) is 1.66. The number of rotatable bonds is 5. The maximum Gasteiger partial charge on any atom is 0.146 e. The van der Waals surface area contributed by atoms with Gasteiger partial charge in [0.15, 0.2) is 0 Å². The Morgan fingerprint density at radius 3 is 3.00 bits per heavy atom. The highest BCUT2D eigenvalue weighted by Crippen LogP contribution is 2.11. The quantitative estimate of drug-likeness (QED) is 0.885. The monoisotopic (exact) mass is 259 g/mol. The molecule has 5 nitrogen and oxygen atoms in total. The third-order valence-electron chi connectivity index (χ3n) is 2.83. The smallest absolute Gasteiger partial charge is 0.146 e. The maximum atomic E-state index is 13.8. The maximum absolute atomic E-state index is 13.8. The molecule has 0 spiro atoms. The number of aryl methyl sites for hydroxylation is 1. The SMILES string of the molecule is CCn1cnnc1CNCc1cccc(C#N)c1F. The van der Waals surface area contributed by atoms with E-state index in [1.54, 1.807) is 18.5 Å². The molecule has 1 aromatic carbocycles. The lowest BCUT2D eigenvalue weighted by Crippen LogP contribution is -2.17.